The number of carbonyl (C=O) groups is 1. The summed E-state index contributed by atoms with van der Waals surface area (Å²) in [5, 5.41) is 3.39. The van der Waals surface area contributed by atoms with Crippen molar-refractivity contribution in [2.75, 3.05) is 25.0 Å². The molecule has 1 aromatic heterocycles. The van der Waals surface area contributed by atoms with Gasteiger partial charge in [-0.25, -0.2) is 4.98 Å². The minimum atomic E-state index is -4.43. The number of amides is 1. The number of benzene rings is 3. The SMILES string of the molecule is O=C(C1CC1)N1CCC(Cn2c(-c3ccc(-c4ccc5c(c4)CCN5)cc3)nc3cc(C(F)(F)F)ccc32)C1. The molecular weight excluding hydrogens is 501 g/mol. The lowest BCUT2D eigenvalue weighted by Gasteiger charge is -2.18. The van der Waals surface area contributed by atoms with E-state index in [9.17, 15) is 18.0 Å². The van der Waals surface area contributed by atoms with Crippen LogP contribution in [0.2, 0.25) is 0 Å². The van der Waals surface area contributed by atoms with Crippen LogP contribution in [0, 0.1) is 11.8 Å². The van der Waals surface area contributed by atoms with Crippen LogP contribution >= 0.6 is 0 Å². The zero-order chi connectivity index (χ0) is 26.7. The minimum Gasteiger partial charge on any atom is -0.384 e. The molecule has 200 valence electrons. The van der Waals surface area contributed by atoms with Gasteiger partial charge < -0.3 is 14.8 Å². The fourth-order valence-electron chi connectivity index (χ4n) is 6.04. The Kier molecular flexibility index (Phi) is 5.68. The molecule has 3 aromatic carbocycles. The van der Waals surface area contributed by atoms with Crippen molar-refractivity contribution >= 4 is 22.6 Å². The van der Waals surface area contributed by atoms with Crippen molar-refractivity contribution in [1.82, 2.24) is 14.5 Å². The molecular formula is C31H29F3N4O. The number of hydrogen-bond acceptors (Lipinski definition) is 3. The highest BCUT2D eigenvalue weighted by molar-refractivity contribution is 5.83. The molecule has 39 heavy (non-hydrogen) atoms. The number of carbonyl (C=O) groups excluding carboxylic acids is 1. The summed E-state index contributed by atoms with van der Waals surface area (Å²) in [5.41, 5.74) is 5.89. The number of nitrogens with one attached hydrogen (secondary N) is 1. The van der Waals surface area contributed by atoms with Crippen molar-refractivity contribution in [2.24, 2.45) is 11.8 Å². The molecule has 4 aromatic rings. The maximum Gasteiger partial charge on any atom is 0.416 e. The van der Waals surface area contributed by atoms with Gasteiger partial charge in [-0.05, 0) is 78.6 Å². The van der Waals surface area contributed by atoms with Gasteiger partial charge in [0, 0.05) is 43.3 Å². The molecule has 1 amide bonds. The second kappa shape index (κ2) is 9.14. The van der Waals surface area contributed by atoms with Gasteiger partial charge in [-0.1, -0.05) is 30.3 Å². The molecule has 5 nitrogen and oxygen atoms in total. The van der Waals surface area contributed by atoms with Gasteiger partial charge in [-0.3, -0.25) is 4.79 Å². The highest BCUT2D eigenvalue weighted by Crippen LogP contribution is 2.36. The Morgan fingerprint density at radius 1 is 0.949 bits per heavy atom. The highest BCUT2D eigenvalue weighted by atomic mass is 19.4. The summed E-state index contributed by atoms with van der Waals surface area (Å²) >= 11 is 0. The number of nitrogens with zero attached hydrogens (tertiary/aromatic N) is 3. The maximum absolute atomic E-state index is 13.5. The van der Waals surface area contributed by atoms with Crippen LogP contribution in [-0.4, -0.2) is 40.0 Å². The van der Waals surface area contributed by atoms with Crippen molar-refractivity contribution in [3.8, 4) is 22.5 Å². The van der Waals surface area contributed by atoms with E-state index in [4.69, 9.17) is 4.98 Å². The Bertz CT molecular complexity index is 1570. The molecule has 1 atom stereocenters. The maximum atomic E-state index is 13.5. The van der Waals surface area contributed by atoms with Crippen LogP contribution in [0.25, 0.3) is 33.5 Å². The summed E-state index contributed by atoms with van der Waals surface area (Å²) in [5.74, 6) is 1.32. The molecule has 2 aliphatic heterocycles. The van der Waals surface area contributed by atoms with Crippen LogP contribution in [0.4, 0.5) is 18.9 Å². The Hall–Kier alpha value is -3.81. The van der Waals surface area contributed by atoms with Crippen LogP contribution < -0.4 is 5.32 Å². The smallest absolute Gasteiger partial charge is 0.384 e. The summed E-state index contributed by atoms with van der Waals surface area (Å²) in [6, 6.07) is 18.3. The molecule has 7 rings (SSSR count). The molecule has 1 saturated carbocycles. The first kappa shape index (κ1) is 24.2. The van der Waals surface area contributed by atoms with Crippen molar-refractivity contribution < 1.29 is 18.0 Å². The summed E-state index contributed by atoms with van der Waals surface area (Å²) in [6.07, 6.45) is -0.576. The fourth-order valence-corrected chi connectivity index (χ4v) is 6.04. The average molecular weight is 531 g/mol. The molecule has 1 aliphatic carbocycles. The lowest BCUT2D eigenvalue weighted by Crippen LogP contribution is -2.30. The first-order chi connectivity index (χ1) is 18.8. The molecule has 8 heteroatoms. The molecule has 3 heterocycles. The molecule has 0 radical (unpaired) electrons. The van der Waals surface area contributed by atoms with Gasteiger partial charge in [-0.2, -0.15) is 13.2 Å². The number of fused-ring (bicyclic) bond motifs is 2. The van der Waals surface area contributed by atoms with Gasteiger partial charge in [0.2, 0.25) is 5.91 Å². The lowest BCUT2D eigenvalue weighted by molar-refractivity contribution is -0.137. The topological polar surface area (TPSA) is 50.2 Å². The van der Waals surface area contributed by atoms with E-state index < -0.39 is 11.7 Å². The Balaban J connectivity index is 1.22. The van der Waals surface area contributed by atoms with E-state index in [1.165, 1.54) is 17.3 Å². The normalized spacial score (nSPS) is 18.9. The fraction of sp³-hybridized carbons (Fsp3) is 0.355. The van der Waals surface area contributed by atoms with E-state index in [1.807, 2.05) is 21.6 Å². The standard InChI is InChI=1S/C31H29F3N4O/c32-31(33,34)25-8-10-28-27(16-25)36-29(38(28)18-19-12-14-37(17-19)30(39)22-5-6-22)21-3-1-20(2-4-21)23-7-9-26-24(15-23)11-13-35-26/h1-4,7-10,15-16,19,22,35H,5-6,11-14,17-18H2. The van der Waals surface area contributed by atoms with E-state index in [2.05, 4.69) is 35.6 Å². The Morgan fingerprint density at radius 2 is 1.72 bits per heavy atom. The molecule has 0 bridgehead atoms. The monoisotopic (exact) mass is 530 g/mol. The van der Waals surface area contributed by atoms with Crippen molar-refractivity contribution in [2.45, 2.75) is 38.4 Å². The van der Waals surface area contributed by atoms with Crippen LogP contribution in [0.3, 0.4) is 0 Å². The van der Waals surface area contributed by atoms with Crippen molar-refractivity contribution in [3.63, 3.8) is 0 Å². The van der Waals surface area contributed by atoms with E-state index in [-0.39, 0.29) is 17.7 Å². The third-order valence-corrected chi connectivity index (χ3v) is 8.33. The highest BCUT2D eigenvalue weighted by Gasteiger charge is 2.37. The molecule has 3 aliphatic rings. The molecule has 0 spiro atoms. The molecule has 1 unspecified atom stereocenters. The van der Waals surface area contributed by atoms with Gasteiger partial charge >= 0.3 is 6.18 Å². The van der Waals surface area contributed by atoms with Gasteiger partial charge in [0.1, 0.15) is 5.82 Å². The van der Waals surface area contributed by atoms with Crippen LogP contribution in [0.5, 0.6) is 0 Å². The zero-order valence-corrected chi connectivity index (χ0v) is 21.5. The summed E-state index contributed by atoms with van der Waals surface area (Å²) in [7, 11) is 0. The summed E-state index contributed by atoms with van der Waals surface area (Å²) in [6.45, 7) is 2.98. The lowest BCUT2D eigenvalue weighted by atomic mass is 10.0. The summed E-state index contributed by atoms with van der Waals surface area (Å²) < 4.78 is 42.5. The molecule has 1 N–H and O–H groups in total. The Morgan fingerprint density at radius 3 is 2.49 bits per heavy atom. The third kappa shape index (κ3) is 4.56. The van der Waals surface area contributed by atoms with E-state index in [0.717, 1.165) is 67.6 Å². The van der Waals surface area contributed by atoms with E-state index in [1.54, 1.807) is 0 Å². The predicted octanol–water partition coefficient (Wildman–Crippen LogP) is 6.62. The quantitative estimate of drug-likeness (QED) is 0.316. The van der Waals surface area contributed by atoms with Crippen molar-refractivity contribution in [3.05, 3.63) is 71.8 Å². The van der Waals surface area contributed by atoms with Gasteiger partial charge in [0.05, 0.1) is 16.6 Å². The van der Waals surface area contributed by atoms with E-state index in [0.29, 0.717) is 29.9 Å². The second-order valence-electron chi connectivity index (χ2n) is 11.1. The number of anilines is 1. The second-order valence-corrected chi connectivity index (χ2v) is 11.1. The van der Waals surface area contributed by atoms with Gasteiger partial charge in [-0.15, -0.1) is 0 Å². The molecule has 2 fully saturated rings. The Labute approximate surface area is 224 Å². The number of likely N-dealkylation sites (tertiary alicyclic amines) is 1. The zero-order valence-electron chi connectivity index (χ0n) is 21.5. The first-order valence-corrected chi connectivity index (χ1v) is 13.7. The van der Waals surface area contributed by atoms with Gasteiger partial charge in [0.25, 0.3) is 0 Å². The van der Waals surface area contributed by atoms with Gasteiger partial charge in [0.15, 0.2) is 0 Å². The predicted molar refractivity (Wildman–Crippen MR) is 145 cm³/mol. The third-order valence-electron chi connectivity index (χ3n) is 8.33. The minimum absolute atomic E-state index is 0.189. The molecule has 1 saturated heterocycles. The van der Waals surface area contributed by atoms with Crippen LogP contribution in [-0.2, 0) is 23.9 Å². The first-order valence-electron chi connectivity index (χ1n) is 13.7. The number of rotatable bonds is 5. The van der Waals surface area contributed by atoms with E-state index >= 15 is 0 Å². The largest absolute Gasteiger partial charge is 0.416 e. The number of aromatic nitrogens is 2. The van der Waals surface area contributed by atoms with Crippen molar-refractivity contribution in [1.29, 1.82) is 0 Å². The number of imidazole rings is 1. The van der Waals surface area contributed by atoms with Crippen LogP contribution in [0.1, 0.15) is 30.4 Å². The average Bonchev–Trinajstić information content (AvgIpc) is 3.33. The van der Waals surface area contributed by atoms with Crippen LogP contribution in [0.15, 0.2) is 60.7 Å². The summed E-state index contributed by atoms with van der Waals surface area (Å²) in [4.78, 5) is 19.3. The number of halogens is 3. The number of alkyl halides is 3. The number of hydrogen-bond donors (Lipinski definition) is 1.